The molecule has 1 aliphatic carbocycles. The number of fused-ring (bicyclic) bond motifs is 1. The maximum Gasteiger partial charge on any atom is 0.128 e. The van der Waals surface area contributed by atoms with Gasteiger partial charge in [-0.25, -0.2) is 0 Å². The van der Waals surface area contributed by atoms with Crippen LogP contribution in [0.1, 0.15) is 24.0 Å². The zero-order valence-electron chi connectivity index (χ0n) is 9.49. The summed E-state index contributed by atoms with van der Waals surface area (Å²) >= 11 is 0. The SMILES string of the molecule is COc1ccc(OC)c2c1CCC/C2=N\O. The number of hydrogen-bond donors (Lipinski definition) is 1. The van der Waals surface area contributed by atoms with Gasteiger partial charge in [0.1, 0.15) is 11.5 Å². The van der Waals surface area contributed by atoms with Gasteiger partial charge in [0.05, 0.1) is 19.9 Å². The second-order valence-electron chi connectivity index (χ2n) is 3.72. The van der Waals surface area contributed by atoms with Gasteiger partial charge in [0.15, 0.2) is 0 Å². The lowest BCUT2D eigenvalue weighted by Gasteiger charge is -2.21. The third kappa shape index (κ3) is 1.60. The highest BCUT2D eigenvalue weighted by Crippen LogP contribution is 2.36. The third-order valence-electron chi connectivity index (χ3n) is 2.92. The highest BCUT2D eigenvalue weighted by Gasteiger charge is 2.23. The minimum absolute atomic E-state index is 0.678. The quantitative estimate of drug-likeness (QED) is 0.615. The molecule has 0 unspecified atom stereocenters. The molecule has 0 heterocycles. The number of nitrogens with zero attached hydrogens (tertiary/aromatic N) is 1. The lowest BCUT2D eigenvalue weighted by Crippen LogP contribution is -2.14. The highest BCUT2D eigenvalue weighted by atomic mass is 16.5. The molecule has 1 N–H and O–H groups in total. The van der Waals surface area contributed by atoms with Crippen LogP contribution in [0.3, 0.4) is 0 Å². The van der Waals surface area contributed by atoms with Crippen molar-refractivity contribution in [3.8, 4) is 11.5 Å². The minimum atomic E-state index is 0.678. The lowest BCUT2D eigenvalue weighted by molar-refractivity contribution is 0.316. The molecule has 0 radical (unpaired) electrons. The molecule has 0 aromatic heterocycles. The number of oxime groups is 1. The fourth-order valence-electron chi connectivity index (χ4n) is 2.19. The van der Waals surface area contributed by atoms with E-state index >= 15 is 0 Å². The summed E-state index contributed by atoms with van der Waals surface area (Å²) < 4.78 is 10.6. The topological polar surface area (TPSA) is 51.0 Å². The van der Waals surface area contributed by atoms with Crippen LogP contribution in [0.4, 0.5) is 0 Å². The van der Waals surface area contributed by atoms with Crippen LogP contribution < -0.4 is 9.47 Å². The van der Waals surface area contributed by atoms with E-state index in [1.807, 2.05) is 12.1 Å². The Morgan fingerprint density at radius 3 is 2.44 bits per heavy atom. The zero-order chi connectivity index (χ0) is 11.5. The Labute approximate surface area is 94.5 Å². The van der Waals surface area contributed by atoms with Crippen LogP contribution in [0.5, 0.6) is 11.5 Å². The molecule has 0 amide bonds. The van der Waals surface area contributed by atoms with Gasteiger partial charge >= 0.3 is 0 Å². The van der Waals surface area contributed by atoms with Gasteiger partial charge in [0.25, 0.3) is 0 Å². The zero-order valence-corrected chi connectivity index (χ0v) is 9.49. The molecule has 2 rings (SSSR count). The van der Waals surface area contributed by atoms with Gasteiger partial charge in [-0.15, -0.1) is 0 Å². The molecular formula is C12H15NO3. The van der Waals surface area contributed by atoms with Crippen LogP contribution in [0.25, 0.3) is 0 Å². The molecule has 0 fully saturated rings. The second kappa shape index (κ2) is 4.43. The minimum Gasteiger partial charge on any atom is -0.496 e. The van der Waals surface area contributed by atoms with Crippen LogP contribution in [-0.4, -0.2) is 25.1 Å². The maximum atomic E-state index is 9.01. The smallest absolute Gasteiger partial charge is 0.128 e. The fraction of sp³-hybridized carbons (Fsp3) is 0.417. The summed E-state index contributed by atoms with van der Waals surface area (Å²) in [5.74, 6) is 1.57. The Morgan fingerprint density at radius 2 is 1.81 bits per heavy atom. The van der Waals surface area contributed by atoms with E-state index in [1.54, 1.807) is 14.2 Å². The number of rotatable bonds is 2. The second-order valence-corrected chi connectivity index (χ2v) is 3.72. The number of benzene rings is 1. The van der Waals surface area contributed by atoms with Crippen molar-refractivity contribution in [1.82, 2.24) is 0 Å². The molecule has 1 aromatic rings. The molecule has 0 saturated heterocycles. The van der Waals surface area contributed by atoms with Crippen LogP contribution in [0.2, 0.25) is 0 Å². The first-order valence-electron chi connectivity index (χ1n) is 5.27. The molecule has 1 aromatic carbocycles. The largest absolute Gasteiger partial charge is 0.496 e. The Hall–Kier alpha value is -1.71. The van der Waals surface area contributed by atoms with E-state index in [0.29, 0.717) is 5.71 Å². The van der Waals surface area contributed by atoms with E-state index in [0.717, 1.165) is 41.9 Å². The molecule has 4 heteroatoms. The molecular weight excluding hydrogens is 206 g/mol. The summed E-state index contributed by atoms with van der Waals surface area (Å²) in [7, 11) is 3.26. The molecule has 0 bridgehead atoms. The first-order valence-corrected chi connectivity index (χ1v) is 5.27. The monoisotopic (exact) mass is 221 g/mol. The van der Waals surface area contributed by atoms with Gasteiger partial charge in [-0.2, -0.15) is 0 Å². The summed E-state index contributed by atoms with van der Waals surface area (Å²) in [4.78, 5) is 0. The summed E-state index contributed by atoms with van der Waals surface area (Å²) in [6.45, 7) is 0. The van der Waals surface area contributed by atoms with Crippen LogP contribution in [0.15, 0.2) is 17.3 Å². The van der Waals surface area contributed by atoms with Crippen molar-refractivity contribution in [2.24, 2.45) is 5.16 Å². The van der Waals surface area contributed by atoms with E-state index in [-0.39, 0.29) is 0 Å². The normalized spacial score (nSPS) is 17.0. The summed E-state index contributed by atoms with van der Waals surface area (Å²) in [6, 6.07) is 3.73. The summed E-state index contributed by atoms with van der Waals surface area (Å²) in [5.41, 5.74) is 2.63. The van der Waals surface area contributed by atoms with E-state index in [4.69, 9.17) is 14.7 Å². The first kappa shape index (κ1) is 10.8. The molecule has 0 saturated carbocycles. The van der Waals surface area contributed by atoms with E-state index in [9.17, 15) is 0 Å². The average molecular weight is 221 g/mol. The van der Waals surface area contributed by atoms with E-state index < -0.39 is 0 Å². The lowest BCUT2D eigenvalue weighted by atomic mass is 9.88. The Morgan fingerprint density at radius 1 is 1.12 bits per heavy atom. The van der Waals surface area contributed by atoms with Crippen molar-refractivity contribution >= 4 is 5.71 Å². The van der Waals surface area contributed by atoms with Crippen LogP contribution >= 0.6 is 0 Å². The Balaban J connectivity index is 2.64. The molecule has 1 aliphatic rings. The van der Waals surface area contributed by atoms with Crippen molar-refractivity contribution in [1.29, 1.82) is 0 Å². The van der Waals surface area contributed by atoms with Crippen LogP contribution in [0, 0.1) is 0 Å². The Bertz CT molecular complexity index is 427. The Kier molecular flexibility index (Phi) is 2.99. The predicted molar refractivity (Wildman–Crippen MR) is 60.8 cm³/mol. The third-order valence-corrected chi connectivity index (χ3v) is 2.92. The summed E-state index contributed by atoms with van der Waals surface area (Å²) in [5, 5.41) is 12.4. The molecule has 86 valence electrons. The molecule has 0 spiro atoms. The highest BCUT2D eigenvalue weighted by molar-refractivity contribution is 6.05. The van der Waals surface area contributed by atoms with E-state index in [1.165, 1.54) is 0 Å². The predicted octanol–water partition coefficient (Wildman–Crippen LogP) is 2.22. The maximum absolute atomic E-state index is 9.01. The molecule has 4 nitrogen and oxygen atoms in total. The van der Waals surface area contributed by atoms with Crippen molar-refractivity contribution in [2.75, 3.05) is 14.2 Å². The average Bonchev–Trinajstić information content (AvgIpc) is 2.36. The number of ether oxygens (including phenoxy) is 2. The van der Waals surface area contributed by atoms with Gasteiger partial charge in [-0.3, -0.25) is 0 Å². The molecule has 16 heavy (non-hydrogen) atoms. The van der Waals surface area contributed by atoms with Gasteiger partial charge in [0, 0.05) is 11.1 Å². The van der Waals surface area contributed by atoms with Gasteiger partial charge in [0.2, 0.25) is 0 Å². The first-order chi connectivity index (χ1) is 7.81. The number of hydrogen-bond acceptors (Lipinski definition) is 4. The summed E-state index contributed by atoms with van der Waals surface area (Å²) in [6.07, 6.45) is 2.66. The van der Waals surface area contributed by atoms with Gasteiger partial charge in [-0.1, -0.05) is 5.16 Å². The fourth-order valence-corrected chi connectivity index (χ4v) is 2.19. The van der Waals surface area contributed by atoms with Crippen molar-refractivity contribution in [3.63, 3.8) is 0 Å². The van der Waals surface area contributed by atoms with Crippen LogP contribution in [-0.2, 0) is 6.42 Å². The van der Waals surface area contributed by atoms with Gasteiger partial charge in [-0.05, 0) is 31.4 Å². The molecule has 0 aliphatic heterocycles. The van der Waals surface area contributed by atoms with Crippen molar-refractivity contribution in [3.05, 3.63) is 23.3 Å². The van der Waals surface area contributed by atoms with Gasteiger partial charge < -0.3 is 14.7 Å². The van der Waals surface area contributed by atoms with E-state index in [2.05, 4.69) is 5.16 Å². The molecule has 0 atom stereocenters. The number of methoxy groups -OCH3 is 2. The van der Waals surface area contributed by atoms with Crippen molar-refractivity contribution < 1.29 is 14.7 Å². The standard InChI is InChI=1S/C12H15NO3/c1-15-10-6-7-11(16-2)12-8(10)4-3-5-9(12)13-14/h6-7,14H,3-5H2,1-2H3/b13-9+. The van der Waals surface area contributed by atoms with Crippen molar-refractivity contribution in [2.45, 2.75) is 19.3 Å².